The first-order chi connectivity index (χ1) is 15.3. The van der Waals surface area contributed by atoms with Crippen molar-refractivity contribution in [1.29, 1.82) is 0 Å². The maximum Gasteiger partial charge on any atom is 0.305 e. The number of aromatic hydroxyl groups is 1. The molecule has 1 saturated heterocycles. The number of nitrogens with one attached hydrogen (secondary N) is 1. The lowest BCUT2D eigenvalue weighted by molar-refractivity contribution is -0.142. The number of phenolic OH excluding ortho intramolecular Hbond substituents is 1. The third-order valence-corrected chi connectivity index (χ3v) is 10.2. The number of imide groups is 1. The maximum absolute atomic E-state index is 13.2. The molecule has 0 radical (unpaired) electrons. The van der Waals surface area contributed by atoms with E-state index in [2.05, 4.69) is 4.98 Å². The van der Waals surface area contributed by atoms with Crippen LogP contribution in [0.2, 0.25) is 0 Å². The van der Waals surface area contributed by atoms with Crippen LogP contribution < -0.4 is 4.87 Å². The number of amides is 2. The second-order valence-electron chi connectivity index (χ2n) is 9.02. The summed E-state index contributed by atoms with van der Waals surface area (Å²) in [5, 5.41) is 19.7. The van der Waals surface area contributed by atoms with Gasteiger partial charge in [-0.2, -0.15) is 0 Å². The van der Waals surface area contributed by atoms with Crippen LogP contribution in [0.5, 0.6) is 5.75 Å². The first-order valence-electron chi connectivity index (χ1n) is 10.6. The number of likely N-dealkylation sites (tertiary alicyclic amines) is 1. The minimum absolute atomic E-state index is 0.00191. The molecule has 2 aromatic rings. The quantitative estimate of drug-likeness (QED) is 0.582. The van der Waals surface area contributed by atoms with Crippen LogP contribution >= 0.6 is 23.1 Å². The number of carbonyl (C=O) groups is 3. The minimum Gasteiger partial charge on any atom is -0.508 e. The molecule has 7 atom stereocenters. The highest BCUT2D eigenvalue weighted by atomic mass is 32.2. The number of thiazole rings is 1. The van der Waals surface area contributed by atoms with E-state index < -0.39 is 17.8 Å². The molecule has 2 aliphatic carbocycles. The van der Waals surface area contributed by atoms with Gasteiger partial charge in [0.05, 0.1) is 23.3 Å². The van der Waals surface area contributed by atoms with Gasteiger partial charge in [-0.1, -0.05) is 23.5 Å². The summed E-state index contributed by atoms with van der Waals surface area (Å²) in [6.07, 6.45) is 0.540. The molecule has 0 spiro atoms. The predicted octanol–water partition coefficient (Wildman–Crippen LogP) is 2.09. The van der Waals surface area contributed by atoms with Crippen molar-refractivity contribution < 1.29 is 24.6 Å². The molecule has 2 saturated carbocycles. The highest BCUT2D eigenvalue weighted by Crippen LogP contribution is 2.68. The number of hydrogen-bond donors (Lipinski definition) is 3. The fourth-order valence-corrected chi connectivity index (χ4v) is 9.45. The third-order valence-electron chi connectivity index (χ3n) is 7.62. The number of carboxylic acids is 1. The van der Waals surface area contributed by atoms with Crippen LogP contribution in [-0.2, 0) is 14.4 Å². The SMILES string of the molecule is O=C(O)CCN1C(=O)[C@@H]2[C@@H]3C[C@@H]([C@H]4Sc5[nH]c(=O)sc5[C@H](c5ccc(O)cc5)[C@@H]34)[C@@H]2C1=O. The molecule has 2 amide bonds. The van der Waals surface area contributed by atoms with E-state index in [1.165, 1.54) is 11.3 Å². The zero-order chi connectivity index (χ0) is 22.3. The molecule has 2 bridgehead atoms. The fraction of sp³-hybridized carbons (Fsp3) is 0.455. The molecule has 2 aliphatic heterocycles. The van der Waals surface area contributed by atoms with Gasteiger partial charge < -0.3 is 15.2 Å². The second-order valence-corrected chi connectivity index (χ2v) is 11.2. The molecule has 1 aromatic heterocycles. The number of H-pyrrole nitrogens is 1. The number of aromatic amines is 1. The normalized spacial score (nSPS) is 34.5. The molecule has 3 N–H and O–H groups in total. The van der Waals surface area contributed by atoms with Crippen molar-refractivity contribution in [2.75, 3.05) is 6.54 Å². The Hall–Kier alpha value is -2.59. The monoisotopic (exact) mass is 472 g/mol. The topological polar surface area (TPSA) is 128 Å². The van der Waals surface area contributed by atoms with Gasteiger partial charge >= 0.3 is 10.8 Å². The highest BCUT2D eigenvalue weighted by Gasteiger charge is 2.69. The van der Waals surface area contributed by atoms with Crippen LogP contribution in [0, 0.1) is 29.6 Å². The van der Waals surface area contributed by atoms with Crippen molar-refractivity contribution in [2.24, 2.45) is 29.6 Å². The molecule has 8 nitrogen and oxygen atoms in total. The zero-order valence-corrected chi connectivity index (χ0v) is 18.4. The summed E-state index contributed by atoms with van der Waals surface area (Å²) >= 11 is 2.80. The molecule has 4 aliphatic rings. The van der Waals surface area contributed by atoms with Crippen LogP contribution in [0.15, 0.2) is 34.1 Å². The highest BCUT2D eigenvalue weighted by molar-refractivity contribution is 8.00. The lowest BCUT2D eigenvalue weighted by atomic mass is 9.68. The Morgan fingerprint density at radius 1 is 1.09 bits per heavy atom. The van der Waals surface area contributed by atoms with Crippen molar-refractivity contribution in [2.45, 2.75) is 29.0 Å². The Balaban J connectivity index is 1.41. The van der Waals surface area contributed by atoms with Gasteiger partial charge in [0.15, 0.2) is 0 Å². The molecule has 3 fully saturated rings. The number of fused-ring (bicyclic) bond motifs is 9. The standard InChI is InChI=1S/C22H20N2O6S2/c25-9-3-1-8(2-4-9)13-14-10-7-11(17(14)31-19-18(13)32-22(30)23-19)16-15(10)20(28)24(21(16)29)6-5-12(26)27/h1-4,10-11,13-17,25H,5-7H2,(H,23,30)(H,26,27)/t10-,11-,13-,14-,15-,16+,17-/m1/s1. The summed E-state index contributed by atoms with van der Waals surface area (Å²) in [5.41, 5.74) is 0.984. The number of carbonyl (C=O) groups excluding carboxylic acids is 2. The third kappa shape index (κ3) is 2.68. The van der Waals surface area contributed by atoms with Crippen molar-refractivity contribution in [1.82, 2.24) is 9.88 Å². The summed E-state index contributed by atoms with van der Waals surface area (Å²) in [5.74, 6) is -2.15. The number of aliphatic carboxylic acids is 1. The Bertz CT molecular complexity index is 1200. The van der Waals surface area contributed by atoms with E-state index in [9.17, 15) is 24.3 Å². The molecule has 1 aromatic carbocycles. The Morgan fingerprint density at radius 2 is 1.78 bits per heavy atom. The molecule has 6 rings (SSSR count). The van der Waals surface area contributed by atoms with E-state index in [0.29, 0.717) is 0 Å². The molecule has 10 heteroatoms. The molecular weight excluding hydrogens is 452 g/mol. The Labute approximate surface area is 190 Å². The van der Waals surface area contributed by atoms with E-state index in [0.717, 1.165) is 26.8 Å². The van der Waals surface area contributed by atoms with Gasteiger partial charge in [0.1, 0.15) is 5.75 Å². The van der Waals surface area contributed by atoms with Crippen LogP contribution in [-0.4, -0.2) is 49.7 Å². The number of hydrogen-bond acceptors (Lipinski definition) is 7. The van der Waals surface area contributed by atoms with E-state index in [-0.39, 0.29) is 64.3 Å². The number of carboxylic acid groups (broad SMARTS) is 1. The van der Waals surface area contributed by atoms with E-state index in [1.54, 1.807) is 23.9 Å². The maximum atomic E-state index is 13.2. The molecule has 3 heterocycles. The first kappa shape index (κ1) is 20.0. The van der Waals surface area contributed by atoms with E-state index in [4.69, 9.17) is 5.11 Å². The van der Waals surface area contributed by atoms with Gasteiger partial charge in [-0.25, -0.2) is 0 Å². The summed E-state index contributed by atoms with van der Waals surface area (Å²) < 4.78 is 0. The lowest BCUT2D eigenvalue weighted by Gasteiger charge is -2.43. The number of benzene rings is 1. The number of phenols is 1. The van der Waals surface area contributed by atoms with Gasteiger partial charge in [-0.05, 0) is 41.9 Å². The molecule has 0 unspecified atom stereocenters. The largest absolute Gasteiger partial charge is 0.508 e. The van der Waals surface area contributed by atoms with Crippen molar-refractivity contribution >= 4 is 40.9 Å². The van der Waals surface area contributed by atoms with Gasteiger partial charge in [-0.15, -0.1) is 11.8 Å². The lowest BCUT2D eigenvalue weighted by Crippen LogP contribution is -2.42. The van der Waals surface area contributed by atoms with Crippen LogP contribution in [0.3, 0.4) is 0 Å². The second kappa shape index (κ2) is 6.95. The van der Waals surface area contributed by atoms with E-state index in [1.807, 2.05) is 12.1 Å². The first-order valence-corrected chi connectivity index (χ1v) is 12.3. The van der Waals surface area contributed by atoms with Gasteiger partial charge in [0.2, 0.25) is 11.8 Å². The van der Waals surface area contributed by atoms with Crippen molar-refractivity contribution in [3.63, 3.8) is 0 Å². The molecule has 166 valence electrons. The summed E-state index contributed by atoms with van der Waals surface area (Å²) in [6.45, 7) is -0.0794. The van der Waals surface area contributed by atoms with E-state index >= 15 is 0 Å². The van der Waals surface area contributed by atoms with Gasteiger partial charge in [0, 0.05) is 22.6 Å². The van der Waals surface area contributed by atoms with Gasteiger partial charge in [-0.3, -0.25) is 24.1 Å². The number of rotatable bonds is 4. The Morgan fingerprint density at radius 3 is 2.47 bits per heavy atom. The predicted molar refractivity (Wildman–Crippen MR) is 116 cm³/mol. The number of thioether (sulfide) groups is 1. The Kier molecular flexibility index (Phi) is 4.36. The van der Waals surface area contributed by atoms with Crippen LogP contribution in [0.1, 0.15) is 29.2 Å². The average Bonchev–Trinajstić information content (AvgIpc) is 3.47. The fourth-order valence-electron chi connectivity index (χ4n) is 6.56. The zero-order valence-electron chi connectivity index (χ0n) is 16.8. The number of aromatic nitrogens is 1. The average molecular weight is 473 g/mol. The molecular formula is C22H20N2O6S2. The van der Waals surface area contributed by atoms with Crippen LogP contribution in [0.25, 0.3) is 0 Å². The smallest absolute Gasteiger partial charge is 0.305 e. The summed E-state index contributed by atoms with van der Waals surface area (Å²) in [7, 11) is 0. The number of nitrogens with zero attached hydrogens (tertiary/aromatic N) is 1. The summed E-state index contributed by atoms with van der Waals surface area (Å²) in [4.78, 5) is 54.5. The minimum atomic E-state index is -1.03. The van der Waals surface area contributed by atoms with Gasteiger partial charge in [0.25, 0.3) is 0 Å². The van der Waals surface area contributed by atoms with Crippen molar-refractivity contribution in [3.8, 4) is 5.75 Å². The molecule has 32 heavy (non-hydrogen) atoms. The summed E-state index contributed by atoms with van der Waals surface area (Å²) in [6, 6.07) is 7.00. The van der Waals surface area contributed by atoms with Crippen LogP contribution in [0.4, 0.5) is 0 Å². The van der Waals surface area contributed by atoms with Crippen molar-refractivity contribution in [3.05, 3.63) is 44.4 Å².